The third-order valence-corrected chi connectivity index (χ3v) is 11.1. The van der Waals surface area contributed by atoms with Gasteiger partial charge in [0.25, 0.3) is 0 Å². The van der Waals surface area contributed by atoms with Gasteiger partial charge in [0.1, 0.15) is 12.7 Å². The molecule has 12 heteroatoms. The Labute approximate surface area is 412 Å². The number of rotatable bonds is 46. The van der Waals surface area contributed by atoms with Gasteiger partial charge in [0, 0.05) is 19.3 Å². The molecule has 0 aromatic heterocycles. The van der Waals surface area contributed by atoms with E-state index in [4.69, 9.17) is 23.3 Å². The Morgan fingerprint density at radius 2 is 0.794 bits per heavy atom. The number of hydrogen-bond acceptors (Lipinski definition) is 10. The lowest BCUT2D eigenvalue weighted by Gasteiger charge is -2.21. The molecule has 68 heavy (non-hydrogen) atoms. The average molecular weight is 971 g/mol. The van der Waals surface area contributed by atoms with Crippen molar-refractivity contribution in [3.05, 3.63) is 109 Å². The van der Waals surface area contributed by atoms with Crippen LogP contribution < -0.4 is 0 Å². The Balaban J connectivity index is 4.87. The third-order valence-electron chi connectivity index (χ3n) is 10.2. The molecule has 2 N–H and O–H groups in total. The predicted molar refractivity (Wildman–Crippen MR) is 279 cm³/mol. The van der Waals surface area contributed by atoms with Crippen molar-refractivity contribution in [2.45, 2.75) is 200 Å². The van der Waals surface area contributed by atoms with E-state index in [0.717, 1.165) is 128 Å². The normalized spacial score (nSPS) is 14.4. The molecule has 3 unspecified atom stereocenters. The summed E-state index contributed by atoms with van der Waals surface area (Å²) in [4.78, 5) is 48.3. The molecule has 0 aliphatic rings. The van der Waals surface area contributed by atoms with Crippen LogP contribution in [-0.2, 0) is 42.2 Å². The number of allylic oxidation sites excluding steroid dienone is 18. The van der Waals surface area contributed by atoms with Crippen LogP contribution in [0, 0.1) is 0 Å². The van der Waals surface area contributed by atoms with E-state index in [1.54, 1.807) is 0 Å². The Hall–Kier alpha value is -3.86. The molecule has 0 rings (SSSR count). The number of unbranched alkanes of at least 4 members (excludes halogenated alkanes) is 11. The highest BCUT2D eigenvalue weighted by atomic mass is 31.2. The van der Waals surface area contributed by atoms with Crippen molar-refractivity contribution in [1.82, 2.24) is 0 Å². The van der Waals surface area contributed by atoms with Crippen molar-refractivity contribution in [2.75, 3.05) is 26.4 Å². The van der Waals surface area contributed by atoms with Gasteiger partial charge < -0.3 is 24.2 Å². The molecule has 3 atom stereocenters. The highest BCUT2D eigenvalue weighted by Gasteiger charge is 2.28. The van der Waals surface area contributed by atoms with Crippen LogP contribution in [0.4, 0.5) is 0 Å². The first-order chi connectivity index (χ1) is 33.2. The van der Waals surface area contributed by atoms with E-state index in [2.05, 4.69) is 112 Å². The van der Waals surface area contributed by atoms with Gasteiger partial charge in [-0.15, -0.1) is 0 Å². The van der Waals surface area contributed by atoms with Gasteiger partial charge in [-0.3, -0.25) is 23.4 Å². The van der Waals surface area contributed by atoms with Crippen LogP contribution in [0.5, 0.6) is 0 Å². The molecule has 0 aromatic carbocycles. The largest absolute Gasteiger partial charge is 0.472 e. The maximum absolute atomic E-state index is 12.8. The first kappa shape index (κ1) is 64.1. The van der Waals surface area contributed by atoms with Crippen LogP contribution in [0.25, 0.3) is 0 Å². The first-order valence-corrected chi connectivity index (χ1v) is 27.3. The molecule has 0 amide bonds. The summed E-state index contributed by atoms with van der Waals surface area (Å²) >= 11 is 0. The van der Waals surface area contributed by atoms with Gasteiger partial charge in [-0.2, -0.15) is 0 Å². The van der Waals surface area contributed by atoms with E-state index in [-0.39, 0.29) is 25.9 Å². The van der Waals surface area contributed by atoms with Gasteiger partial charge >= 0.3 is 25.7 Å². The summed E-state index contributed by atoms with van der Waals surface area (Å²) in [6, 6.07) is 0. The lowest BCUT2D eigenvalue weighted by Crippen LogP contribution is -2.30. The fourth-order valence-corrected chi connectivity index (χ4v) is 7.09. The molecule has 386 valence electrons. The number of aliphatic hydroxyl groups is 1. The van der Waals surface area contributed by atoms with E-state index < -0.39 is 57.8 Å². The van der Waals surface area contributed by atoms with Gasteiger partial charge in [0.05, 0.1) is 19.8 Å². The van der Waals surface area contributed by atoms with Crippen LogP contribution >= 0.6 is 7.82 Å². The maximum Gasteiger partial charge on any atom is 0.472 e. The smallest absolute Gasteiger partial charge is 0.462 e. The highest BCUT2D eigenvalue weighted by Crippen LogP contribution is 2.43. The number of carbonyl (C=O) groups excluding carboxylic acids is 3. The van der Waals surface area contributed by atoms with Crippen molar-refractivity contribution in [2.24, 2.45) is 0 Å². The summed E-state index contributed by atoms with van der Waals surface area (Å²) in [5, 5.41) is 9.76. The van der Waals surface area contributed by atoms with E-state index in [1.807, 2.05) is 18.2 Å². The Morgan fingerprint density at radius 1 is 0.426 bits per heavy atom. The SMILES string of the molecule is CC/C=C\C/C=C\C/C=C\C/C=C\CCC(=O)OC(CO)COP(=O)(O)OCC(COC(=O)CCCCCCC/C=C\C/C=C\CCC)OC(=O)CCCCCCC/C=C\C/C=C\C/C=C\CC. The third kappa shape index (κ3) is 47.2. The molecule has 0 fully saturated rings. The number of phosphoric ester groups is 1. The van der Waals surface area contributed by atoms with E-state index >= 15 is 0 Å². The maximum atomic E-state index is 12.8. The van der Waals surface area contributed by atoms with E-state index in [1.165, 1.54) is 0 Å². The van der Waals surface area contributed by atoms with Gasteiger partial charge in [-0.1, -0.05) is 175 Å². The second-order valence-electron chi connectivity index (χ2n) is 16.6. The summed E-state index contributed by atoms with van der Waals surface area (Å²) in [6.07, 6.45) is 57.9. The van der Waals surface area contributed by atoms with Crippen molar-refractivity contribution in [3.63, 3.8) is 0 Å². The number of aliphatic hydroxyl groups excluding tert-OH is 1. The van der Waals surface area contributed by atoms with Crippen LogP contribution in [0.1, 0.15) is 188 Å². The Morgan fingerprint density at radius 3 is 1.26 bits per heavy atom. The second-order valence-corrected chi connectivity index (χ2v) is 18.0. The molecular weight excluding hydrogens is 880 g/mol. The Kier molecular flexibility index (Phi) is 46.7. The first-order valence-electron chi connectivity index (χ1n) is 25.8. The van der Waals surface area contributed by atoms with Crippen LogP contribution in [0.3, 0.4) is 0 Å². The Bertz CT molecular complexity index is 1550. The fourth-order valence-electron chi connectivity index (χ4n) is 6.30. The summed E-state index contributed by atoms with van der Waals surface area (Å²) < 4.78 is 39.2. The lowest BCUT2D eigenvalue weighted by molar-refractivity contribution is -0.161. The average Bonchev–Trinajstić information content (AvgIpc) is 3.32. The van der Waals surface area contributed by atoms with E-state index in [0.29, 0.717) is 19.3 Å². The zero-order chi connectivity index (χ0) is 49.9. The molecule has 0 aromatic rings. The van der Waals surface area contributed by atoms with Crippen LogP contribution in [0.15, 0.2) is 109 Å². The monoisotopic (exact) mass is 971 g/mol. The highest BCUT2D eigenvalue weighted by molar-refractivity contribution is 7.47. The van der Waals surface area contributed by atoms with Crippen molar-refractivity contribution >= 4 is 25.7 Å². The number of phosphoric acid groups is 1. The molecule has 0 heterocycles. The quantitative estimate of drug-likeness (QED) is 0.0197. The number of carbonyl (C=O) groups is 3. The van der Waals surface area contributed by atoms with Gasteiger partial charge in [-0.05, 0) is 103 Å². The predicted octanol–water partition coefficient (Wildman–Crippen LogP) is 14.7. The number of ether oxygens (including phenoxy) is 3. The van der Waals surface area contributed by atoms with Gasteiger partial charge in [0.15, 0.2) is 6.10 Å². The second kappa shape index (κ2) is 49.6. The van der Waals surface area contributed by atoms with Gasteiger partial charge in [-0.25, -0.2) is 4.57 Å². The lowest BCUT2D eigenvalue weighted by atomic mass is 10.1. The molecule has 0 aliphatic heterocycles. The van der Waals surface area contributed by atoms with Crippen LogP contribution in [-0.4, -0.2) is 66.5 Å². The summed E-state index contributed by atoms with van der Waals surface area (Å²) in [5.41, 5.74) is 0. The number of hydrogen-bond donors (Lipinski definition) is 2. The zero-order valence-electron chi connectivity index (χ0n) is 42.3. The van der Waals surface area contributed by atoms with Gasteiger partial charge in [0.2, 0.25) is 0 Å². The molecule has 0 radical (unpaired) electrons. The minimum atomic E-state index is -4.77. The minimum Gasteiger partial charge on any atom is -0.462 e. The van der Waals surface area contributed by atoms with E-state index in [9.17, 15) is 28.9 Å². The molecular formula is C56H91O11P. The standard InChI is InChI=1S/C56H91O11P/c1-4-7-10-13-16-19-22-25-26-29-32-35-38-41-44-47-56(60)67-53(49-63-54(58)45-42-39-36-33-30-27-23-20-17-14-11-8-5-2)51-65-68(61,62)64-50-52(48-57)66-55(59)46-43-40-37-34-31-28-24-21-18-15-12-9-6-3/h7,9-12,14,16,18-21,23,25-26,28,31,37,40,52-53,57H,4-6,8,13,15,17,22,24,27,29-30,32-36,38-39,41-51H2,1-3H3,(H,61,62)/b10-7-,12-9-,14-11-,19-16-,21-18-,23-20-,26-25-,31-28-,40-37-. The molecule has 0 saturated carbocycles. The summed E-state index contributed by atoms with van der Waals surface area (Å²) in [5.74, 6) is -1.60. The molecule has 11 nitrogen and oxygen atoms in total. The molecule has 0 spiro atoms. The zero-order valence-corrected chi connectivity index (χ0v) is 43.2. The van der Waals surface area contributed by atoms with Crippen molar-refractivity contribution in [3.8, 4) is 0 Å². The number of esters is 3. The summed E-state index contributed by atoms with van der Waals surface area (Å²) in [7, 11) is -4.77. The topological polar surface area (TPSA) is 155 Å². The minimum absolute atomic E-state index is 0.0486. The molecule has 0 bridgehead atoms. The van der Waals surface area contributed by atoms with Crippen molar-refractivity contribution in [1.29, 1.82) is 0 Å². The van der Waals surface area contributed by atoms with Crippen LogP contribution in [0.2, 0.25) is 0 Å². The molecule has 0 aliphatic carbocycles. The summed E-state index contributed by atoms with van der Waals surface area (Å²) in [6.45, 7) is 4.19. The fraction of sp³-hybridized carbons (Fsp3) is 0.625. The molecule has 0 saturated heterocycles. The van der Waals surface area contributed by atoms with Crippen molar-refractivity contribution < 1.29 is 52.2 Å².